The van der Waals surface area contributed by atoms with Crippen molar-refractivity contribution in [3.63, 3.8) is 0 Å². The molecule has 2 aromatic heterocycles. The van der Waals surface area contributed by atoms with Gasteiger partial charge < -0.3 is 29.7 Å². The summed E-state index contributed by atoms with van der Waals surface area (Å²) in [7, 11) is 1.65. The lowest BCUT2D eigenvalue weighted by Crippen LogP contribution is -2.48. The van der Waals surface area contributed by atoms with Crippen LogP contribution in [-0.4, -0.2) is 85.3 Å². The Bertz CT molecular complexity index is 952. The molecule has 10 nitrogen and oxygen atoms in total. The van der Waals surface area contributed by atoms with Gasteiger partial charge >= 0.3 is 0 Å². The Morgan fingerprint density at radius 2 is 1.82 bits per heavy atom. The number of hydrogen-bond acceptors (Lipinski definition) is 10. The summed E-state index contributed by atoms with van der Waals surface area (Å²) in [4.78, 5) is 22.0. The van der Waals surface area contributed by atoms with Crippen molar-refractivity contribution in [2.75, 3.05) is 68.8 Å². The number of anilines is 3. The van der Waals surface area contributed by atoms with Crippen molar-refractivity contribution in [3.8, 4) is 11.4 Å². The highest BCUT2D eigenvalue weighted by Crippen LogP contribution is 2.32. The molecule has 0 radical (unpaired) electrons. The van der Waals surface area contributed by atoms with Gasteiger partial charge in [0.25, 0.3) is 6.43 Å². The van der Waals surface area contributed by atoms with Crippen molar-refractivity contribution in [1.82, 2.24) is 19.9 Å². The highest BCUT2D eigenvalue weighted by atomic mass is 19.3. The fourth-order valence-corrected chi connectivity index (χ4v) is 4.02. The van der Waals surface area contributed by atoms with E-state index in [1.54, 1.807) is 7.11 Å². The summed E-state index contributed by atoms with van der Waals surface area (Å²) in [5.41, 5.74) is 5.53. The quantitative estimate of drug-likeness (QED) is 0.651. The van der Waals surface area contributed by atoms with Crippen LogP contribution in [-0.2, 0) is 14.2 Å². The topological polar surface area (TPSA) is 112 Å². The lowest BCUT2D eigenvalue weighted by Gasteiger charge is -2.37. The van der Waals surface area contributed by atoms with Crippen LogP contribution in [0.15, 0.2) is 12.3 Å². The second-order valence-electron chi connectivity index (χ2n) is 8.08. The highest BCUT2D eigenvalue weighted by Gasteiger charge is 2.30. The minimum Gasteiger partial charge on any atom is -0.385 e. The Hall–Kier alpha value is -2.70. The molecule has 2 aliphatic rings. The summed E-state index contributed by atoms with van der Waals surface area (Å²) in [6.07, 6.45) is -0.745. The molecule has 0 amide bonds. The number of ether oxygens (including phenoxy) is 3. The van der Waals surface area contributed by atoms with Crippen LogP contribution in [0.5, 0.6) is 0 Å². The summed E-state index contributed by atoms with van der Waals surface area (Å²) in [5.74, 6) is 0.974. The van der Waals surface area contributed by atoms with E-state index in [-0.39, 0.29) is 34.9 Å². The van der Waals surface area contributed by atoms with Crippen LogP contribution in [0.2, 0.25) is 0 Å². The van der Waals surface area contributed by atoms with Crippen LogP contribution in [0, 0.1) is 0 Å². The van der Waals surface area contributed by atoms with Crippen molar-refractivity contribution in [2.24, 2.45) is 0 Å². The van der Waals surface area contributed by atoms with Gasteiger partial charge in [-0.3, -0.25) is 0 Å². The van der Waals surface area contributed by atoms with Gasteiger partial charge in [-0.15, -0.1) is 0 Å². The first kappa shape index (κ1) is 23.5. The van der Waals surface area contributed by atoms with Gasteiger partial charge in [0.2, 0.25) is 11.9 Å². The molecule has 2 aliphatic heterocycles. The molecule has 0 saturated carbocycles. The van der Waals surface area contributed by atoms with Gasteiger partial charge in [0.05, 0.1) is 38.5 Å². The van der Waals surface area contributed by atoms with Gasteiger partial charge in [-0.05, 0) is 19.4 Å². The second-order valence-corrected chi connectivity index (χ2v) is 8.08. The largest absolute Gasteiger partial charge is 0.385 e. The summed E-state index contributed by atoms with van der Waals surface area (Å²) < 4.78 is 44.1. The molecule has 33 heavy (non-hydrogen) atoms. The molecule has 0 bridgehead atoms. The zero-order valence-electron chi connectivity index (χ0n) is 18.8. The van der Waals surface area contributed by atoms with E-state index in [0.29, 0.717) is 64.4 Å². The van der Waals surface area contributed by atoms with Crippen molar-refractivity contribution in [1.29, 1.82) is 0 Å². The number of alkyl halides is 2. The number of nitrogens with two attached hydrogens (primary N) is 1. The molecule has 4 heterocycles. The van der Waals surface area contributed by atoms with Crippen molar-refractivity contribution in [2.45, 2.75) is 31.9 Å². The second kappa shape index (κ2) is 10.5. The Morgan fingerprint density at radius 1 is 1.12 bits per heavy atom. The van der Waals surface area contributed by atoms with E-state index in [2.05, 4.69) is 15.0 Å². The third kappa shape index (κ3) is 5.28. The zero-order chi connectivity index (χ0) is 23.4. The molecule has 0 spiro atoms. The number of morpholine rings is 2. The number of halogens is 2. The summed E-state index contributed by atoms with van der Waals surface area (Å²) in [5, 5.41) is 0. The van der Waals surface area contributed by atoms with Crippen molar-refractivity contribution in [3.05, 3.63) is 17.8 Å². The predicted molar refractivity (Wildman–Crippen MR) is 119 cm³/mol. The molecule has 2 saturated heterocycles. The maximum absolute atomic E-state index is 13.8. The first-order chi connectivity index (χ1) is 16.0. The number of rotatable bonds is 7. The first-order valence-corrected chi connectivity index (χ1v) is 11.0. The van der Waals surface area contributed by atoms with Crippen LogP contribution in [0.3, 0.4) is 0 Å². The maximum atomic E-state index is 13.8. The molecule has 12 heteroatoms. The summed E-state index contributed by atoms with van der Waals surface area (Å²) in [6.45, 7) is 5.77. The molecular weight excluding hydrogens is 436 g/mol. The Morgan fingerprint density at radius 3 is 2.52 bits per heavy atom. The predicted octanol–water partition coefficient (Wildman–Crippen LogP) is 1.92. The smallest absolute Gasteiger partial charge is 0.264 e. The summed E-state index contributed by atoms with van der Waals surface area (Å²) in [6, 6.07) is 1.18. The average molecular weight is 466 g/mol. The third-order valence-corrected chi connectivity index (χ3v) is 5.81. The van der Waals surface area contributed by atoms with Crippen LogP contribution in [0.25, 0.3) is 11.4 Å². The fraction of sp³-hybridized carbons (Fsp3) is 0.619. The van der Waals surface area contributed by atoms with E-state index in [1.165, 1.54) is 6.20 Å². The van der Waals surface area contributed by atoms with E-state index in [1.807, 2.05) is 16.7 Å². The number of methoxy groups -OCH3 is 1. The van der Waals surface area contributed by atoms with Crippen LogP contribution in [0.1, 0.15) is 25.3 Å². The Labute approximate surface area is 191 Å². The van der Waals surface area contributed by atoms with Gasteiger partial charge in [-0.25, -0.2) is 13.8 Å². The number of pyridine rings is 1. The number of nitrogen functional groups attached to an aromatic ring is 1. The molecule has 180 valence electrons. The molecule has 2 fully saturated rings. The number of hydrogen-bond donors (Lipinski definition) is 1. The highest BCUT2D eigenvalue weighted by molar-refractivity contribution is 5.64. The van der Waals surface area contributed by atoms with E-state index in [0.717, 1.165) is 6.07 Å². The van der Waals surface area contributed by atoms with Gasteiger partial charge in [0, 0.05) is 44.1 Å². The molecule has 0 unspecified atom stereocenters. The molecule has 2 atom stereocenters. The van der Waals surface area contributed by atoms with E-state index < -0.39 is 6.43 Å². The molecular formula is C21H29F2N7O3. The van der Waals surface area contributed by atoms with Gasteiger partial charge in [0.15, 0.2) is 5.82 Å². The van der Waals surface area contributed by atoms with Crippen LogP contribution < -0.4 is 15.5 Å². The Kier molecular flexibility index (Phi) is 7.46. The van der Waals surface area contributed by atoms with Crippen LogP contribution >= 0.6 is 0 Å². The standard InChI is InChI=1S/C21H29F2N7O3/c1-13-11-32-7-4-29(13)20-26-19(16-10-25-17(24)9-15(16)18(22)23)27-21(28-20)30-5-8-33-12-14(30)3-6-31-2/h9-10,13-14,18H,3-8,11-12H2,1-2H3,(H2,24,25)/t13-,14-/m1/s1. The number of aromatic nitrogens is 4. The molecule has 0 aromatic carbocycles. The SMILES string of the molecule is COCC[C@@H]1COCCN1c1nc(-c2cnc(N)cc2C(F)F)nc(N2CCOC[C@H]2C)n1. The molecule has 4 rings (SSSR count). The van der Waals surface area contributed by atoms with E-state index in [9.17, 15) is 8.78 Å². The summed E-state index contributed by atoms with van der Waals surface area (Å²) >= 11 is 0. The van der Waals surface area contributed by atoms with Gasteiger partial charge in [-0.2, -0.15) is 15.0 Å². The monoisotopic (exact) mass is 465 g/mol. The average Bonchev–Trinajstić information content (AvgIpc) is 2.83. The molecule has 2 aromatic rings. The van der Waals surface area contributed by atoms with Crippen molar-refractivity contribution >= 4 is 17.7 Å². The van der Waals surface area contributed by atoms with E-state index >= 15 is 0 Å². The van der Waals surface area contributed by atoms with Crippen LogP contribution in [0.4, 0.5) is 26.5 Å². The van der Waals surface area contributed by atoms with Gasteiger partial charge in [0.1, 0.15) is 5.82 Å². The Balaban J connectivity index is 1.81. The first-order valence-electron chi connectivity index (χ1n) is 11.0. The van der Waals surface area contributed by atoms with Crippen molar-refractivity contribution < 1.29 is 23.0 Å². The van der Waals surface area contributed by atoms with Gasteiger partial charge in [-0.1, -0.05) is 0 Å². The fourth-order valence-electron chi connectivity index (χ4n) is 4.02. The zero-order valence-corrected chi connectivity index (χ0v) is 18.8. The minimum atomic E-state index is -2.76. The molecule has 0 aliphatic carbocycles. The third-order valence-electron chi connectivity index (χ3n) is 5.81. The molecule has 2 N–H and O–H groups in total. The minimum absolute atomic E-state index is 0.0111. The number of nitrogens with zero attached hydrogens (tertiary/aromatic N) is 6. The van der Waals surface area contributed by atoms with E-state index in [4.69, 9.17) is 24.9 Å². The maximum Gasteiger partial charge on any atom is 0.264 e. The normalized spacial score (nSPS) is 21.6. The lowest BCUT2D eigenvalue weighted by molar-refractivity contribution is 0.0789. The lowest BCUT2D eigenvalue weighted by atomic mass is 10.1.